The maximum absolute atomic E-state index is 11.5. The number of benzene rings is 1. The fraction of sp³-hybridized carbons (Fsp3) is 0.312. The Bertz CT molecular complexity index is 573. The van der Waals surface area contributed by atoms with Crippen LogP contribution in [0.3, 0.4) is 0 Å². The second-order valence-corrected chi connectivity index (χ2v) is 4.69. The number of ketones is 1. The van der Waals surface area contributed by atoms with Crippen LogP contribution >= 0.6 is 0 Å². The van der Waals surface area contributed by atoms with Gasteiger partial charge in [0.2, 0.25) is 0 Å². The van der Waals surface area contributed by atoms with Gasteiger partial charge in [-0.25, -0.2) is 0 Å². The lowest BCUT2D eigenvalue weighted by molar-refractivity contribution is 0.101. The first-order chi connectivity index (χ1) is 9.61. The van der Waals surface area contributed by atoms with Gasteiger partial charge in [0.1, 0.15) is 6.61 Å². The van der Waals surface area contributed by atoms with E-state index in [-0.39, 0.29) is 5.78 Å². The van der Waals surface area contributed by atoms with Gasteiger partial charge in [0, 0.05) is 17.3 Å². The number of nitrogens with two attached hydrogens (primary N) is 1. The molecule has 106 valence electrons. The predicted molar refractivity (Wildman–Crippen MR) is 79.4 cm³/mol. The monoisotopic (exact) mass is 273 g/mol. The Labute approximate surface area is 118 Å². The molecule has 0 fully saturated rings. The Morgan fingerprint density at radius 1 is 1.30 bits per heavy atom. The molecule has 0 saturated heterocycles. The summed E-state index contributed by atoms with van der Waals surface area (Å²) in [5.74, 6) is 0.977. The number of hydrogen-bond acceptors (Lipinski definition) is 4. The van der Waals surface area contributed by atoms with Crippen LogP contribution in [-0.4, -0.2) is 19.5 Å². The molecule has 4 nitrogen and oxygen atoms in total. The van der Waals surface area contributed by atoms with Crippen molar-refractivity contribution in [1.82, 2.24) is 0 Å². The lowest BCUT2D eigenvalue weighted by atomic mass is 10.1. The molecule has 0 spiro atoms. The van der Waals surface area contributed by atoms with Gasteiger partial charge < -0.3 is 15.2 Å². The molecule has 1 aliphatic carbocycles. The highest BCUT2D eigenvalue weighted by Crippen LogP contribution is 2.32. The van der Waals surface area contributed by atoms with Gasteiger partial charge >= 0.3 is 0 Å². The summed E-state index contributed by atoms with van der Waals surface area (Å²) in [5, 5.41) is 0. The third kappa shape index (κ3) is 3.20. The molecule has 0 aliphatic heterocycles. The maximum atomic E-state index is 11.5. The number of nitrogen functional groups attached to an aromatic ring is 1. The molecule has 1 aromatic carbocycles. The normalized spacial score (nSPS) is 13.8. The quantitative estimate of drug-likeness (QED) is 0.661. The molecule has 0 heterocycles. The van der Waals surface area contributed by atoms with E-state index in [0.29, 0.717) is 29.4 Å². The summed E-state index contributed by atoms with van der Waals surface area (Å²) in [6, 6.07) is 3.26. The third-order valence-corrected chi connectivity index (χ3v) is 3.18. The van der Waals surface area contributed by atoms with Crippen molar-refractivity contribution in [2.75, 3.05) is 19.5 Å². The van der Waals surface area contributed by atoms with Crippen LogP contribution in [0.1, 0.15) is 30.1 Å². The molecule has 0 saturated carbocycles. The van der Waals surface area contributed by atoms with E-state index in [1.165, 1.54) is 6.92 Å². The number of carbonyl (C=O) groups excluding carboxylic acids is 1. The fourth-order valence-corrected chi connectivity index (χ4v) is 2.09. The second kappa shape index (κ2) is 6.28. The van der Waals surface area contributed by atoms with E-state index in [9.17, 15) is 4.79 Å². The van der Waals surface area contributed by atoms with Crippen molar-refractivity contribution in [2.24, 2.45) is 0 Å². The number of rotatable bonds is 5. The third-order valence-electron chi connectivity index (χ3n) is 3.18. The van der Waals surface area contributed by atoms with Crippen LogP contribution in [0.25, 0.3) is 0 Å². The zero-order chi connectivity index (χ0) is 14.5. The van der Waals surface area contributed by atoms with Gasteiger partial charge in [-0.05, 0) is 31.4 Å². The Morgan fingerprint density at radius 2 is 2.10 bits per heavy atom. The van der Waals surface area contributed by atoms with Crippen molar-refractivity contribution < 1.29 is 14.3 Å². The van der Waals surface area contributed by atoms with Gasteiger partial charge in [0.05, 0.1) is 7.11 Å². The number of methoxy groups -OCH3 is 1. The first-order valence-electron chi connectivity index (χ1n) is 6.58. The fourth-order valence-electron chi connectivity index (χ4n) is 2.09. The number of carbonyl (C=O) groups is 1. The van der Waals surface area contributed by atoms with Crippen molar-refractivity contribution in [3.05, 3.63) is 41.5 Å². The molecule has 20 heavy (non-hydrogen) atoms. The van der Waals surface area contributed by atoms with E-state index in [2.05, 4.69) is 18.2 Å². The minimum Gasteiger partial charge on any atom is -0.493 e. The van der Waals surface area contributed by atoms with E-state index in [1.807, 2.05) is 0 Å². The van der Waals surface area contributed by atoms with Gasteiger partial charge in [-0.3, -0.25) is 4.79 Å². The van der Waals surface area contributed by atoms with E-state index in [0.717, 1.165) is 18.4 Å². The number of hydrogen-bond donors (Lipinski definition) is 1. The molecule has 1 aromatic rings. The van der Waals surface area contributed by atoms with Crippen molar-refractivity contribution in [3.63, 3.8) is 0 Å². The molecule has 0 unspecified atom stereocenters. The molecule has 0 amide bonds. The highest BCUT2D eigenvalue weighted by Gasteiger charge is 2.13. The molecule has 2 N–H and O–H groups in total. The van der Waals surface area contributed by atoms with Gasteiger partial charge in [-0.1, -0.05) is 18.2 Å². The standard InChI is InChI=1S/C16H19NO3/c1-11(18)13-8-15(19-2)16(9-14(13)17)20-10-12-6-4-3-5-7-12/h4,6-9H,3,5,10,17H2,1-2H3. The molecule has 0 bridgehead atoms. The molecule has 0 radical (unpaired) electrons. The Hall–Kier alpha value is -2.23. The maximum Gasteiger partial charge on any atom is 0.163 e. The highest BCUT2D eigenvalue weighted by atomic mass is 16.5. The summed E-state index contributed by atoms with van der Waals surface area (Å²) < 4.78 is 11.0. The summed E-state index contributed by atoms with van der Waals surface area (Å²) in [6.07, 6.45) is 8.46. The molecule has 4 heteroatoms. The highest BCUT2D eigenvalue weighted by molar-refractivity contribution is 5.99. The summed E-state index contributed by atoms with van der Waals surface area (Å²) in [7, 11) is 1.54. The van der Waals surface area contributed by atoms with Crippen molar-refractivity contribution in [3.8, 4) is 11.5 Å². The van der Waals surface area contributed by atoms with Crippen molar-refractivity contribution >= 4 is 11.5 Å². The summed E-state index contributed by atoms with van der Waals surface area (Å²) in [6.45, 7) is 1.94. The van der Waals surface area contributed by atoms with Crippen LogP contribution in [0.15, 0.2) is 35.9 Å². The lowest BCUT2D eigenvalue weighted by Crippen LogP contribution is -2.06. The first-order valence-corrected chi connectivity index (χ1v) is 6.58. The lowest BCUT2D eigenvalue weighted by Gasteiger charge is -2.14. The van der Waals surface area contributed by atoms with Gasteiger partial charge in [-0.2, -0.15) is 0 Å². The summed E-state index contributed by atoms with van der Waals surface area (Å²) >= 11 is 0. The van der Waals surface area contributed by atoms with Gasteiger partial charge in [0.25, 0.3) is 0 Å². The minimum atomic E-state index is -0.0923. The van der Waals surface area contributed by atoms with E-state index >= 15 is 0 Å². The predicted octanol–water partition coefficient (Wildman–Crippen LogP) is 3.14. The molecule has 2 rings (SSSR count). The van der Waals surface area contributed by atoms with Crippen LogP contribution < -0.4 is 15.2 Å². The smallest absolute Gasteiger partial charge is 0.163 e. The van der Waals surface area contributed by atoms with Crippen LogP contribution in [0.2, 0.25) is 0 Å². The minimum absolute atomic E-state index is 0.0923. The van der Waals surface area contributed by atoms with E-state index < -0.39 is 0 Å². The Kier molecular flexibility index (Phi) is 4.45. The molecule has 0 atom stereocenters. The number of ether oxygens (including phenoxy) is 2. The Balaban J connectivity index is 2.18. The van der Waals surface area contributed by atoms with E-state index in [1.54, 1.807) is 19.2 Å². The largest absolute Gasteiger partial charge is 0.493 e. The van der Waals surface area contributed by atoms with Crippen LogP contribution in [0.5, 0.6) is 11.5 Å². The Morgan fingerprint density at radius 3 is 2.70 bits per heavy atom. The molecular weight excluding hydrogens is 254 g/mol. The number of anilines is 1. The van der Waals surface area contributed by atoms with Crippen molar-refractivity contribution in [2.45, 2.75) is 19.8 Å². The molecular formula is C16H19NO3. The molecule has 0 aromatic heterocycles. The van der Waals surface area contributed by atoms with Gasteiger partial charge in [-0.15, -0.1) is 0 Å². The second-order valence-electron chi connectivity index (χ2n) is 4.69. The number of allylic oxidation sites excluding steroid dienone is 2. The average Bonchev–Trinajstić information content (AvgIpc) is 2.46. The molecule has 1 aliphatic rings. The zero-order valence-corrected chi connectivity index (χ0v) is 11.8. The average molecular weight is 273 g/mol. The first kappa shape index (κ1) is 14.2. The number of Topliss-reactive ketones (excluding diaryl/α,β-unsaturated/α-hetero) is 1. The van der Waals surface area contributed by atoms with Crippen molar-refractivity contribution in [1.29, 1.82) is 0 Å². The topological polar surface area (TPSA) is 61.5 Å². The van der Waals surface area contributed by atoms with Crippen LogP contribution in [-0.2, 0) is 0 Å². The van der Waals surface area contributed by atoms with E-state index in [4.69, 9.17) is 15.2 Å². The van der Waals surface area contributed by atoms with Crippen LogP contribution in [0, 0.1) is 0 Å². The SMILES string of the molecule is COc1cc(C(C)=O)c(N)cc1OCC1=CCCC=C1. The van der Waals surface area contributed by atoms with Gasteiger partial charge in [0.15, 0.2) is 17.3 Å². The summed E-state index contributed by atoms with van der Waals surface area (Å²) in [4.78, 5) is 11.5. The van der Waals surface area contributed by atoms with Crippen LogP contribution in [0.4, 0.5) is 5.69 Å². The summed E-state index contributed by atoms with van der Waals surface area (Å²) in [5.41, 5.74) is 7.86. The zero-order valence-electron chi connectivity index (χ0n) is 11.8.